The fraction of sp³-hybridized carbons (Fsp3) is 0.579. The topological polar surface area (TPSA) is 66.4 Å². The molecule has 0 radical (unpaired) electrons. The summed E-state index contributed by atoms with van der Waals surface area (Å²) in [5, 5.41) is 4.11. The molecule has 25 heavy (non-hydrogen) atoms. The molecule has 136 valence electrons. The van der Waals surface area contributed by atoms with Gasteiger partial charge in [-0.05, 0) is 57.7 Å². The summed E-state index contributed by atoms with van der Waals surface area (Å²) in [5.41, 5.74) is 0.494. The smallest absolute Gasteiger partial charge is 0.353 e. The first-order valence-electron chi connectivity index (χ1n) is 8.83. The number of nitrogens with zero attached hydrogens (tertiary/aromatic N) is 1. The highest BCUT2D eigenvalue weighted by Gasteiger charge is 2.43. The van der Waals surface area contributed by atoms with Gasteiger partial charge in [0.05, 0.1) is 25.5 Å². The van der Waals surface area contributed by atoms with Crippen LogP contribution in [-0.4, -0.2) is 37.1 Å². The van der Waals surface area contributed by atoms with Crippen molar-refractivity contribution in [2.75, 3.05) is 13.7 Å². The van der Waals surface area contributed by atoms with Crippen molar-refractivity contribution in [2.24, 2.45) is 5.16 Å². The maximum atomic E-state index is 12.1. The minimum absolute atomic E-state index is 0.232. The van der Waals surface area contributed by atoms with Gasteiger partial charge in [0.15, 0.2) is 11.5 Å². The van der Waals surface area contributed by atoms with Crippen molar-refractivity contribution in [3.05, 3.63) is 23.8 Å². The summed E-state index contributed by atoms with van der Waals surface area (Å²) in [4.78, 5) is 17.5. The quantitative estimate of drug-likeness (QED) is 0.737. The van der Waals surface area contributed by atoms with Crippen LogP contribution in [-0.2, 0) is 14.4 Å². The number of benzene rings is 1. The van der Waals surface area contributed by atoms with E-state index in [4.69, 9.17) is 19.0 Å². The lowest BCUT2D eigenvalue weighted by molar-refractivity contribution is -0.166. The van der Waals surface area contributed by atoms with Gasteiger partial charge in [0.1, 0.15) is 0 Å². The van der Waals surface area contributed by atoms with Crippen LogP contribution in [0.2, 0.25) is 0 Å². The molecule has 0 bridgehead atoms. The van der Waals surface area contributed by atoms with E-state index in [1.54, 1.807) is 21.0 Å². The van der Waals surface area contributed by atoms with Crippen LogP contribution in [0.1, 0.15) is 51.5 Å². The Labute approximate surface area is 148 Å². The zero-order valence-corrected chi connectivity index (χ0v) is 15.0. The largest absolute Gasteiger partial charge is 0.493 e. The van der Waals surface area contributed by atoms with Crippen LogP contribution in [0, 0.1) is 0 Å². The third-order valence-electron chi connectivity index (χ3n) is 4.66. The Morgan fingerprint density at radius 2 is 2.08 bits per heavy atom. The Balaban J connectivity index is 1.77. The molecule has 1 fully saturated rings. The van der Waals surface area contributed by atoms with Gasteiger partial charge in [0, 0.05) is 12.0 Å². The molecule has 1 heterocycles. The number of rotatable bonds is 6. The molecule has 1 atom stereocenters. The Kier molecular flexibility index (Phi) is 5.16. The predicted molar refractivity (Wildman–Crippen MR) is 93.2 cm³/mol. The van der Waals surface area contributed by atoms with Crippen molar-refractivity contribution in [3.63, 3.8) is 0 Å². The van der Waals surface area contributed by atoms with Gasteiger partial charge in [0.25, 0.3) is 0 Å². The standard InChI is InChI=1S/C19H25NO5/c1-4-23-18(21)19(2)12-15(20-25-19)13-9-10-16(22-3)17(11-13)24-14-7-5-6-8-14/h9-11,14H,4-8,12H2,1-3H3. The lowest BCUT2D eigenvalue weighted by Gasteiger charge is -2.19. The van der Waals surface area contributed by atoms with Gasteiger partial charge in [-0.2, -0.15) is 0 Å². The van der Waals surface area contributed by atoms with Crippen molar-refractivity contribution < 1.29 is 23.8 Å². The molecule has 0 N–H and O–H groups in total. The number of carbonyl (C=O) groups excluding carboxylic acids is 1. The van der Waals surface area contributed by atoms with Crippen molar-refractivity contribution in [1.29, 1.82) is 0 Å². The molecule has 1 aromatic rings. The molecular weight excluding hydrogens is 322 g/mol. The minimum atomic E-state index is -1.07. The fourth-order valence-corrected chi connectivity index (χ4v) is 3.22. The van der Waals surface area contributed by atoms with E-state index in [0.29, 0.717) is 30.2 Å². The molecular formula is C19H25NO5. The molecule has 2 aliphatic rings. The maximum absolute atomic E-state index is 12.1. The van der Waals surface area contributed by atoms with E-state index in [9.17, 15) is 4.79 Å². The van der Waals surface area contributed by atoms with E-state index in [1.165, 1.54) is 12.8 Å². The van der Waals surface area contributed by atoms with Gasteiger partial charge in [-0.25, -0.2) is 4.79 Å². The summed E-state index contributed by atoms with van der Waals surface area (Å²) in [6, 6.07) is 5.68. The molecule has 0 aromatic heterocycles. The summed E-state index contributed by atoms with van der Waals surface area (Å²) in [5.74, 6) is 1.01. The lowest BCUT2D eigenvalue weighted by Crippen LogP contribution is -2.37. The number of hydrogen-bond acceptors (Lipinski definition) is 6. The SMILES string of the molecule is CCOC(=O)C1(C)CC(c2ccc(OC)c(OC3CCCC3)c2)=NO1. The summed E-state index contributed by atoms with van der Waals surface area (Å²) >= 11 is 0. The molecule has 1 aliphatic heterocycles. The van der Waals surface area contributed by atoms with E-state index in [0.717, 1.165) is 18.4 Å². The van der Waals surface area contributed by atoms with E-state index >= 15 is 0 Å². The summed E-state index contributed by atoms with van der Waals surface area (Å²) in [6.45, 7) is 3.78. The molecule has 1 unspecified atom stereocenters. The second-order valence-electron chi connectivity index (χ2n) is 6.65. The van der Waals surface area contributed by atoms with Crippen molar-refractivity contribution in [2.45, 2.75) is 57.7 Å². The number of carbonyl (C=O) groups is 1. The predicted octanol–water partition coefficient (Wildman–Crippen LogP) is 3.46. The van der Waals surface area contributed by atoms with E-state index < -0.39 is 11.6 Å². The van der Waals surface area contributed by atoms with E-state index in [1.807, 2.05) is 18.2 Å². The van der Waals surface area contributed by atoms with Gasteiger partial charge in [-0.15, -0.1) is 0 Å². The van der Waals surface area contributed by atoms with E-state index in [-0.39, 0.29) is 6.10 Å². The first-order valence-corrected chi connectivity index (χ1v) is 8.83. The molecule has 1 aromatic carbocycles. The van der Waals surface area contributed by atoms with Crippen LogP contribution in [0.25, 0.3) is 0 Å². The second kappa shape index (κ2) is 7.33. The summed E-state index contributed by atoms with van der Waals surface area (Å²) < 4.78 is 16.6. The van der Waals surface area contributed by atoms with Crippen LogP contribution >= 0.6 is 0 Å². The molecule has 6 heteroatoms. The number of ether oxygens (including phenoxy) is 3. The van der Waals surface area contributed by atoms with Crippen LogP contribution < -0.4 is 9.47 Å². The van der Waals surface area contributed by atoms with Crippen LogP contribution in [0.5, 0.6) is 11.5 Å². The summed E-state index contributed by atoms with van der Waals surface area (Å²) in [7, 11) is 1.63. The van der Waals surface area contributed by atoms with Gasteiger partial charge in [0.2, 0.25) is 5.60 Å². The Morgan fingerprint density at radius 1 is 1.32 bits per heavy atom. The molecule has 0 amide bonds. The second-order valence-corrected chi connectivity index (χ2v) is 6.65. The van der Waals surface area contributed by atoms with Crippen molar-refractivity contribution in [3.8, 4) is 11.5 Å². The highest BCUT2D eigenvalue weighted by atomic mass is 16.7. The third kappa shape index (κ3) is 3.72. The molecule has 1 aliphatic carbocycles. The van der Waals surface area contributed by atoms with Crippen molar-refractivity contribution >= 4 is 11.7 Å². The Morgan fingerprint density at radius 3 is 2.76 bits per heavy atom. The third-order valence-corrected chi connectivity index (χ3v) is 4.66. The van der Waals surface area contributed by atoms with Crippen LogP contribution in [0.4, 0.5) is 0 Å². The van der Waals surface area contributed by atoms with Gasteiger partial charge < -0.3 is 19.0 Å². The van der Waals surface area contributed by atoms with Gasteiger partial charge in [-0.1, -0.05) is 5.16 Å². The highest BCUT2D eigenvalue weighted by Crippen LogP contribution is 2.35. The minimum Gasteiger partial charge on any atom is -0.493 e. The van der Waals surface area contributed by atoms with Gasteiger partial charge in [-0.3, -0.25) is 0 Å². The molecule has 3 rings (SSSR count). The van der Waals surface area contributed by atoms with Crippen molar-refractivity contribution in [1.82, 2.24) is 0 Å². The summed E-state index contributed by atoms with van der Waals surface area (Å²) in [6.07, 6.45) is 5.13. The first kappa shape index (κ1) is 17.6. The zero-order chi connectivity index (χ0) is 17.9. The molecule has 0 saturated heterocycles. The average Bonchev–Trinajstić information content (AvgIpc) is 3.25. The van der Waals surface area contributed by atoms with Crippen LogP contribution in [0.15, 0.2) is 23.4 Å². The van der Waals surface area contributed by atoms with Gasteiger partial charge >= 0.3 is 5.97 Å². The molecule has 1 saturated carbocycles. The van der Waals surface area contributed by atoms with Crippen LogP contribution in [0.3, 0.4) is 0 Å². The molecule has 0 spiro atoms. The Bertz CT molecular complexity index is 666. The highest BCUT2D eigenvalue weighted by molar-refractivity contribution is 6.05. The van der Waals surface area contributed by atoms with E-state index in [2.05, 4.69) is 5.16 Å². The molecule has 6 nitrogen and oxygen atoms in total. The maximum Gasteiger partial charge on any atom is 0.353 e. The normalized spacial score (nSPS) is 23.1. The number of esters is 1. The number of oxime groups is 1. The first-order chi connectivity index (χ1) is 12.1. The zero-order valence-electron chi connectivity index (χ0n) is 15.0. The fourth-order valence-electron chi connectivity index (χ4n) is 3.22. The average molecular weight is 347 g/mol. The monoisotopic (exact) mass is 347 g/mol. The number of hydrogen-bond donors (Lipinski definition) is 0. The number of methoxy groups -OCH3 is 1. The lowest BCUT2D eigenvalue weighted by atomic mass is 9.96. The Hall–Kier alpha value is -2.24.